The van der Waals surface area contributed by atoms with Crippen molar-refractivity contribution in [1.82, 2.24) is 9.97 Å². The summed E-state index contributed by atoms with van der Waals surface area (Å²) in [6, 6.07) is 9.97. The summed E-state index contributed by atoms with van der Waals surface area (Å²) in [6.07, 6.45) is 1.68. The Bertz CT molecular complexity index is 950. The number of carbonyl (C=O) groups is 1. The molecule has 1 N–H and O–H groups in total. The monoisotopic (exact) mass is 351 g/mol. The molecule has 6 nitrogen and oxygen atoms in total. The number of aryl methyl sites for hydroxylation is 1. The number of aromatic nitrogens is 2. The molecule has 1 aliphatic heterocycles. The second kappa shape index (κ2) is 5.86. The number of hydrogen-bond donors (Lipinski definition) is 1. The highest BCUT2D eigenvalue weighted by Crippen LogP contribution is 2.40. The van der Waals surface area contributed by atoms with Crippen molar-refractivity contribution in [2.24, 2.45) is 0 Å². The molecule has 2 aromatic heterocycles. The third-order valence-electron chi connectivity index (χ3n) is 4.24. The van der Waals surface area contributed by atoms with Crippen LogP contribution in [0.4, 0.5) is 28.8 Å². The quantitative estimate of drug-likeness (QED) is 0.757. The molecular weight excluding hydrogens is 334 g/mol. The van der Waals surface area contributed by atoms with E-state index in [4.69, 9.17) is 0 Å². The SMILES string of the molecule is Cc1ccc(Nc2ncc3c(n2)N(C)c2ccsc2C(=O)N3C)cc1. The Kier molecular flexibility index (Phi) is 3.65. The Morgan fingerprint density at radius 1 is 1.04 bits per heavy atom. The van der Waals surface area contributed by atoms with E-state index in [1.54, 1.807) is 18.1 Å². The van der Waals surface area contributed by atoms with Crippen molar-refractivity contribution in [3.05, 3.63) is 52.3 Å². The predicted molar refractivity (Wildman–Crippen MR) is 102 cm³/mol. The zero-order chi connectivity index (χ0) is 17.6. The normalized spacial score (nSPS) is 13.3. The Morgan fingerprint density at radius 2 is 1.80 bits per heavy atom. The first-order chi connectivity index (χ1) is 12.0. The average Bonchev–Trinajstić information content (AvgIpc) is 3.09. The summed E-state index contributed by atoms with van der Waals surface area (Å²) < 4.78 is 0. The largest absolute Gasteiger partial charge is 0.326 e. The van der Waals surface area contributed by atoms with E-state index in [-0.39, 0.29) is 5.91 Å². The molecule has 1 aromatic carbocycles. The molecule has 0 unspecified atom stereocenters. The van der Waals surface area contributed by atoms with Crippen LogP contribution in [0.3, 0.4) is 0 Å². The highest BCUT2D eigenvalue weighted by atomic mass is 32.1. The van der Waals surface area contributed by atoms with E-state index >= 15 is 0 Å². The minimum absolute atomic E-state index is 0.0431. The lowest BCUT2D eigenvalue weighted by Crippen LogP contribution is -2.25. The molecule has 25 heavy (non-hydrogen) atoms. The number of hydrogen-bond acceptors (Lipinski definition) is 6. The second-order valence-electron chi connectivity index (χ2n) is 5.95. The van der Waals surface area contributed by atoms with E-state index in [1.807, 2.05) is 54.6 Å². The zero-order valence-corrected chi connectivity index (χ0v) is 15.0. The van der Waals surface area contributed by atoms with Crippen molar-refractivity contribution >= 4 is 46.1 Å². The highest BCUT2D eigenvalue weighted by molar-refractivity contribution is 7.12. The molecular formula is C18H17N5OS. The maximum absolute atomic E-state index is 12.7. The van der Waals surface area contributed by atoms with E-state index in [9.17, 15) is 4.79 Å². The lowest BCUT2D eigenvalue weighted by atomic mass is 10.2. The van der Waals surface area contributed by atoms with Gasteiger partial charge in [-0.2, -0.15) is 4.98 Å². The van der Waals surface area contributed by atoms with Crippen LogP contribution in [0.25, 0.3) is 0 Å². The average molecular weight is 351 g/mol. The van der Waals surface area contributed by atoms with Crippen LogP contribution < -0.4 is 15.1 Å². The van der Waals surface area contributed by atoms with Gasteiger partial charge < -0.3 is 15.1 Å². The fourth-order valence-electron chi connectivity index (χ4n) is 2.78. The number of fused-ring (bicyclic) bond motifs is 2. The van der Waals surface area contributed by atoms with Gasteiger partial charge in [0.1, 0.15) is 10.6 Å². The maximum Gasteiger partial charge on any atom is 0.270 e. The summed E-state index contributed by atoms with van der Waals surface area (Å²) in [5, 5.41) is 5.14. The number of rotatable bonds is 2. The molecule has 0 fully saturated rings. The summed E-state index contributed by atoms with van der Waals surface area (Å²) in [5.41, 5.74) is 3.66. The van der Waals surface area contributed by atoms with Crippen LogP contribution in [-0.4, -0.2) is 30.0 Å². The maximum atomic E-state index is 12.7. The third kappa shape index (κ3) is 2.62. The predicted octanol–water partition coefficient (Wildman–Crippen LogP) is 3.95. The van der Waals surface area contributed by atoms with E-state index < -0.39 is 0 Å². The van der Waals surface area contributed by atoms with E-state index in [0.717, 1.165) is 11.4 Å². The summed E-state index contributed by atoms with van der Waals surface area (Å²) in [5.74, 6) is 1.14. The molecule has 0 spiro atoms. The first-order valence-electron chi connectivity index (χ1n) is 7.84. The van der Waals surface area contributed by atoms with Gasteiger partial charge in [0.2, 0.25) is 5.95 Å². The van der Waals surface area contributed by atoms with Crippen molar-refractivity contribution in [2.75, 3.05) is 29.2 Å². The molecule has 4 rings (SSSR count). The molecule has 3 heterocycles. The summed E-state index contributed by atoms with van der Waals surface area (Å²) in [4.78, 5) is 25.9. The van der Waals surface area contributed by atoms with Crippen LogP contribution in [0.1, 0.15) is 15.2 Å². The lowest BCUT2D eigenvalue weighted by molar-refractivity contribution is 0.0998. The molecule has 0 radical (unpaired) electrons. The number of thiophene rings is 1. The Labute approximate surface area is 149 Å². The van der Waals surface area contributed by atoms with E-state index in [0.29, 0.717) is 22.3 Å². The van der Waals surface area contributed by atoms with Gasteiger partial charge in [-0.25, -0.2) is 4.98 Å². The van der Waals surface area contributed by atoms with Crippen molar-refractivity contribution in [3.8, 4) is 0 Å². The van der Waals surface area contributed by atoms with E-state index in [2.05, 4.69) is 15.3 Å². The second-order valence-corrected chi connectivity index (χ2v) is 6.87. The standard InChI is InChI=1S/C18H17N5OS/c1-11-4-6-12(7-5-11)20-18-19-10-14-16(21-18)22(2)13-8-9-25-15(13)17(24)23(14)3/h4-10H,1-3H3,(H,19,20,21). The third-order valence-corrected chi connectivity index (χ3v) is 5.13. The number of anilines is 5. The van der Waals surface area contributed by atoms with Crippen molar-refractivity contribution in [1.29, 1.82) is 0 Å². The topological polar surface area (TPSA) is 61.4 Å². The number of nitrogens with one attached hydrogen (secondary N) is 1. The van der Waals surface area contributed by atoms with Crippen molar-refractivity contribution in [3.63, 3.8) is 0 Å². The molecule has 1 aliphatic rings. The minimum atomic E-state index is -0.0431. The van der Waals surface area contributed by atoms with Gasteiger partial charge in [0, 0.05) is 19.8 Å². The van der Waals surface area contributed by atoms with Gasteiger partial charge in [-0.1, -0.05) is 17.7 Å². The summed E-state index contributed by atoms with van der Waals surface area (Å²) >= 11 is 1.44. The van der Waals surface area contributed by atoms with Crippen LogP contribution in [0.2, 0.25) is 0 Å². The van der Waals surface area contributed by atoms with Gasteiger partial charge in [-0.05, 0) is 30.5 Å². The molecule has 126 valence electrons. The van der Waals surface area contributed by atoms with Crippen LogP contribution >= 0.6 is 11.3 Å². The van der Waals surface area contributed by atoms with E-state index in [1.165, 1.54) is 16.9 Å². The smallest absolute Gasteiger partial charge is 0.270 e. The highest BCUT2D eigenvalue weighted by Gasteiger charge is 2.29. The van der Waals surface area contributed by atoms with Crippen LogP contribution in [-0.2, 0) is 0 Å². The molecule has 0 bridgehead atoms. The molecule has 1 amide bonds. The Morgan fingerprint density at radius 3 is 2.56 bits per heavy atom. The van der Waals surface area contributed by atoms with Gasteiger partial charge in [-0.15, -0.1) is 11.3 Å². The van der Waals surface area contributed by atoms with Gasteiger partial charge in [0.15, 0.2) is 5.82 Å². The number of nitrogens with zero attached hydrogens (tertiary/aromatic N) is 4. The van der Waals surface area contributed by atoms with Crippen molar-refractivity contribution < 1.29 is 4.79 Å². The van der Waals surface area contributed by atoms with Crippen molar-refractivity contribution in [2.45, 2.75) is 6.92 Å². The van der Waals surface area contributed by atoms with Gasteiger partial charge in [-0.3, -0.25) is 4.79 Å². The van der Waals surface area contributed by atoms with Gasteiger partial charge >= 0.3 is 0 Å². The van der Waals surface area contributed by atoms with Crippen LogP contribution in [0, 0.1) is 6.92 Å². The first-order valence-corrected chi connectivity index (χ1v) is 8.72. The number of carbonyl (C=O) groups excluding carboxylic acids is 1. The molecule has 0 saturated carbocycles. The fourth-order valence-corrected chi connectivity index (χ4v) is 3.68. The minimum Gasteiger partial charge on any atom is -0.326 e. The lowest BCUT2D eigenvalue weighted by Gasteiger charge is -2.20. The molecule has 0 saturated heterocycles. The Hall–Kier alpha value is -2.93. The number of benzene rings is 1. The first kappa shape index (κ1) is 15.6. The molecule has 0 atom stereocenters. The molecule has 0 aliphatic carbocycles. The van der Waals surface area contributed by atoms with Gasteiger partial charge in [0.05, 0.1) is 11.9 Å². The summed E-state index contributed by atoms with van der Waals surface area (Å²) in [6.45, 7) is 2.04. The van der Waals surface area contributed by atoms with Crippen LogP contribution in [0.5, 0.6) is 0 Å². The zero-order valence-electron chi connectivity index (χ0n) is 14.1. The molecule has 3 aromatic rings. The molecule has 7 heteroatoms. The Balaban J connectivity index is 1.76. The van der Waals surface area contributed by atoms with Crippen LogP contribution in [0.15, 0.2) is 41.9 Å². The number of amides is 1. The summed E-state index contributed by atoms with van der Waals surface area (Å²) in [7, 11) is 3.67. The van der Waals surface area contributed by atoms with Gasteiger partial charge in [0.25, 0.3) is 5.91 Å². The fraction of sp³-hybridized carbons (Fsp3) is 0.167.